The molecule has 8 nitrogen and oxygen atoms in total. The first-order valence-corrected chi connectivity index (χ1v) is 5.15. The average Bonchev–Trinajstić information content (AvgIpc) is 2.83. The summed E-state index contributed by atoms with van der Waals surface area (Å²) >= 11 is 0. The second-order valence-electron chi connectivity index (χ2n) is 3.93. The van der Waals surface area contributed by atoms with Crippen LogP contribution in [0.5, 0.6) is 0 Å². The lowest BCUT2D eigenvalue weighted by Gasteiger charge is -2.12. The monoisotopic (exact) mass is 261 g/mol. The first kappa shape index (κ1) is 12.7. The lowest BCUT2D eigenvalue weighted by atomic mass is 10.1. The molecule has 1 fully saturated rings. The maximum atomic E-state index is 13.7. The quantitative estimate of drug-likeness (QED) is 0.493. The van der Waals surface area contributed by atoms with Gasteiger partial charge in [0, 0.05) is 6.20 Å². The van der Waals surface area contributed by atoms with Crippen molar-refractivity contribution in [1.82, 2.24) is 9.55 Å². The molecule has 18 heavy (non-hydrogen) atoms. The summed E-state index contributed by atoms with van der Waals surface area (Å²) in [5.74, 6) is -0.876. The second-order valence-corrected chi connectivity index (χ2v) is 3.93. The number of aromatic nitrogens is 2. The minimum atomic E-state index is -1.89. The molecule has 0 aromatic carbocycles. The van der Waals surface area contributed by atoms with Crippen LogP contribution in [0.1, 0.15) is 16.7 Å². The van der Waals surface area contributed by atoms with Crippen LogP contribution in [0.3, 0.4) is 0 Å². The topological polar surface area (TPSA) is 131 Å². The van der Waals surface area contributed by atoms with Crippen LogP contribution < -0.4 is 11.4 Å². The number of imidazole rings is 1. The Balaban J connectivity index is 2.32. The maximum absolute atomic E-state index is 13.7. The molecule has 1 aromatic heterocycles. The van der Waals surface area contributed by atoms with Crippen molar-refractivity contribution in [3.05, 3.63) is 22.4 Å². The number of ether oxygens (including phenoxy) is 1. The van der Waals surface area contributed by atoms with Gasteiger partial charge in [-0.15, -0.1) is 0 Å². The lowest BCUT2D eigenvalue weighted by molar-refractivity contribution is -0.0485. The van der Waals surface area contributed by atoms with Crippen molar-refractivity contribution in [3.8, 4) is 0 Å². The number of amides is 1. The molecular weight excluding hydrogens is 249 g/mol. The van der Waals surface area contributed by atoms with E-state index in [0.717, 1.165) is 10.8 Å². The summed E-state index contributed by atoms with van der Waals surface area (Å²) in [6.45, 7) is -0.583. The normalized spacial score (nSPS) is 31.7. The molecule has 0 radical (unpaired) electrons. The molecule has 1 amide bonds. The highest BCUT2D eigenvalue weighted by molar-refractivity contribution is 5.90. The van der Waals surface area contributed by atoms with Gasteiger partial charge in [0.25, 0.3) is 5.91 Å². The SMILES string of the molecule is NC(=O)c1cn([C@@H]2O[C@H](CO)[C@@H](O)[C@H]2F)c(=O)[nH]1. The summed E-state index contributed by atoms with van der Waals surface area (Å²) in [5.41, 5.74) is 3.98. The Labute approximate surface area is 99.8 Å². The molecule has 0 aliphatic carbocycles. The zero-order valence-corrected chi connectivity index (χ0v) is 9.12. The summed E-state index contributed by atoms with van der Waals surface area (Å²) < 4.78 is 19.5. The van der Waals surface area contributed by atoms with Gasteiger partial charge in [0.2, 0.25) is 0 Å². The second kappa shape index (κ2) is 4.52. The molecular formula is C9H12FN3O5. The minimum Gasteiger partial charge on any atom is -0.394 e. The summed E-state index contributed by atoms with van der Waals surface area (Å²) in [6, 6.07) is 0. The van der Waals surface area contributed by atoms with E-state index in [-0.39, 0.29) is 5.69 Å². The van der Waals surface area contributed by atoms with E-state index in [9.17, 15) is 19.1 Å². The van der Waals surface area contributed by atoms with Gasteiger partial charge >= 0.3 is 5.69 Å². The van der Waals surface area contributed by atoms with E-state index in [1.807, 2.05) is 0 Å². The smallest absolute Gasteiger partial charge is 0.328 e. The van der Waals surface area contributed by atoms with Crippen molar-refractivity contribution in [2.24, 2.45) is 5.73 Å². The Morgan fingerprint density at radius 2 is 2.33 bits per heavy atom. The standard InChI is InChI=1S/C9H12FN3O5/c10-5-6(15)4(2-14)18-8(5)13-1-3(7(11)16)12-9(13)17/h1,4-6,8,14-15H,2H2,(H2,11,16)(H,12,17)/t4-,5-,6-,8-/m1/s1. The highest BCUT2D eigenvalue weighted by Gasteiger charge is 2.45. The lowest BCUT2D eigenvalue weighted by Crippen LogP contribution is -2.31. The summed E-state index contributed by atoms with van der Waals surface area (Å²) in [5, 5.41) is 18.3. The molecule has 1 saturated heterocycles. The highest BCUT2D eigenvalue weighted by Crippen LogP contribution is 2.30. The third-order valence-electron chi connectivity index (χ3n) is 2.76. The maximum Gasteiger partial charge on any atom is 0.328 e. The number of carbonyl (C=O) groups is 1. The predicted octanol–water partition coefficient (Wildman–Crippen LogP) is -2.14. The van der Waals surface area contributed by atoms with Gasteiger partial charge < -0.3 is 25.7 Å². The zero-order chi connectivity index (χ0) is 13.4. The van der Waals surface area contributed by atoms with Gasteiger partial charge in [-0.25, -0.2) is 9.18 Å². The largest absolute Gasteiger partial charge is 0.394 e. The Kier molecular flexibility index (Phi) is 3.20. The van der Waals surface area contributed by atoms with E-state index < -0.39 is 42.8 Å². The number of aromatic amines is 1. The Morgan fingerprint density at radius 1 is 1.67 bits per heavy atom. The molecule has 0 bridgehead atoms. The van der Waals surface area contributed by atoms with E-state index >= 15 is 0 Å². The third kappa shape index (κ3) is 1.92. The zero-order valence-electron chi connectivity index (χ0n) is 9.12. The van der Waals surface area contributed by atoms with Crippen molar-refractivity contribution in [2.75, 3.05) is 6.61 Å². The highest BCUT2D eigenvalue weighted by atomic mass is 19.1. The van der Waals surface area contributed by atoms with Crippen molar-refractivity contribution >= 4 is 5.91 Å². The first-order chi connectivity index (χ1) is 8.45. The number of nitrogens with two attached hydrogens (primary N) is 1. The number of rotatable bonds is 3. The van der Waals surface area contributed by atoms with Gasteiger partial charge in [-0.2, -0.15) is 0 Å². The van der Waals surface area contributed by atoms with Crippen LogP contribution in [-0.4, -0.2) is 50.7 Å². The number of primary amides is 1. The van der Waals surface area contributed by atoms with Gasteiger partial charge in [0.1, 0.15) is 17.9 Å². The number of H-pyrrole nitrogens is 1. The molecule has 0 saturated carbocycles. The van der Waals surface area contributed by atoms with Gasteiger partial charge in [0.15, 0.2) is 12.4 Å². The van der Waals surface area contributed by atoms with Crippen LogP contribution in [0.25, 0.3) is 0 Å². The minimum absolute atomic E-state index is 0.197. The average molecular weight is 261 g/mol. The van der Waals surface area contributed by atoms with Crippen molar-refractivity contribution in [1.29, 1.82) is 0 Å². The molecule has 2 rings (SSSR count). The number of halogens is 1. The van der Waals surface area contributed by atoms with E-state index in [1.54, 1.807) is 0 Å². The van der Waals surface area contributed by atoms with E-state index in [1.165, 1.54) is 0 Å². The molecule has 100 valence electrons. The number of aliphatic hydroxyl groups is 2. The van der Waals surface area contributed by atoms with Crippen LogP contribution in [-0.2, 0) is 4.74 Å². The molecule has 1 aliphatic rings. The fourth-order valence-electron chi connectivity index (χ4n) is 1.80. The van der Waals surface area contributed by atoms with Crippen LogP contribution in [0.4, 0.5) is 4.39 Å². The number of hydrogen-bond acceptors (Lipinski definition) is 5. The number of nitrogens with zero attached hydrogens (tertiary/aromatic N) is 1. The van der Waals surface area contributed by atoms with Gasteiger partial charge in [0.05, 0.1) is 6.61 Å². The molecule has 9 heteroatoms. The number of nitrogens with one attached hydrogen (secondary N) is 1. The van der Waals surface area contributed by atoms with Crippen LogP contribution >= 0.6 is 0 Å². The molecule has 5 N–H and O–H groups in total. The first-order valence-electron chi connectivity index (χ1n) is 5.15. The van der Waals surface area contributed by atoms with Crippen LogP contribution in [0.2, 0.25) is 0 Å². The van der Waals surface area contributed by atoms with Crippen LogP contribution in [0.15, 0.2) is 11.0 Å². The van der Waals surface area contributed by atoms with E-state index in [0.29, 0.717) is 0 Å². The van der Waals surface area contributed by atoms with Gasteiger partial charge in [-0.05, 0) is 0 Å². The molecule has 0 spiro atoms. The third-order valence-corrected chi connectivity index (χ3v) is 2.76. The summed E-state index contributed by atoms with van der Waals surface area (Å²) in [6.07, 6.45) is -4.96. The molecule has 1 aromatic rings. The summed E-state index contributed by atoms with van der Waals surface area (Å²) in [4.78, 5) is 24.5. The molecule has 1 aliphatic heterocycles. The van der Waals surface area contributed by atoms with E-state index in [4.69, 9.17) is 15.6 Å². The Bertz CT molecular complexity index is 513. The molecule has 0 unspecified atom stereocenters. The van der Waals surface area contributed by atoms with E-state index in [2.05, 4.69) is 4.98 Å². The number of aliphatic hydroxyl groups excluding tert-OH is 2. The fraction of sp³-hybridized carbons (Fsp3) is 0.556. The Morgan fingerprint density at radius 3 is 2.78 bits per heavy atom. The van der Waals surface area contributed by atoms with Crippen LogP contribution in [0, 0.1) is 0 Å². The van der Waals surface area contributed by atoms with Crippen molar-refractivity contribution in [2.45, 2.75) is 24.6 Å². The predicted molar refractivity (Wildman–Crippen MR) is 55.5 cm³/mol. The fourth-order valence-corrected chi connectivity index (χ4v) is 1.80. The molecule has 2 heterocycles. The Hall–Kier alpha value is -1.71. The van der Waals surface area contributed by atoms with Gasteiger partial charge in [-0.1, -0.05) is 0 Å². The number of hydrogen-bond donors (Lipinski definition) is 4. The number of alkyl halides is 1. The molecule has 4 atom stereocenters. The van der Waals surface area contributed by atoms with Crippen molar-refractivity contribution < 1.29 is 24.1 Å². The van der Waals surface area contributed by atoms with Crippen molar-refractivity contribution in [3.63, 3.8) is 0 Å². The van der Waals surface area contributed by atoms with Gasteiger partial charge in [-0.3, -0.25) is 9.36 Å². The number of carbonyl (C=O) groups excluding carboxylic acids is 1. The summed E-state index contributed by atoms with van der Waals surface area (Å²) in [7, 11) is 0.